The molecule has 6 nitrogen and oxygen atoms in total. The van der Waals surface area contributed by atoms with Crippen molar-refractivity contribution in [3.63, 3.8) is 0 Å². The maximum Gasteiger partial charge on any atom is 0.309 e. The summed E-state index contributed by atoms with van der Waals surface area (Å²) in [6, 6.07) is 7.29. The predicted octanol–water partition coefficient (Wildman–Crippen LogP) is 4.71. The van der Waals surface area contributed by atoms with Crippen molar-refractivity contribution in [2.45, 2.75) is 72.8 Å². The number of carboxylic acids is 1. The van der Waals surface area contributed by atoms with Crippen LogP contribution in [0.25, 0.3) is 0 Å². The number of amides is 2. The maximum absolute atomic E-state index is 13.4. The van der Waals surface area contributed by atoms with Crippen LogP contribution >= 0.6 is 11.6 Å². The third kappa shape index (κ3) is 6.47. The van der Waals surface area contributed by atoms with Crippen LogP contribution in [0.1, 0.15) is 72.3 Å². The Labute approximate surface area is 196 Å². The summed E-state index contributed by atoms with van der Waals surface area (Å²) < 4.78 is 0. The van der Waals surface area contributed by atoms with Gasteiger partial charge in [0, 0.05) is 24.5 Å². The summed E-state index contributed by atoms with van der Waals surface area (Å²) >= 11 is 6.04. The van der Waals surface area contributed by atoms with Gasteiger partial charge in [0.25, 0.3) is 0 Å². The van der Waals surface area contributed by atoms with Gasteiger partial charge in [-0.25, -0.2) is 0 Å². The third-order valence-corrected chi connectivity index (χ3v) is 6.87. The fourth-order valence-electron chi connectivity index (χ4n) is 4.35. The van der Waals surface area contributed by atoms with Crippen molar-refractivity contribution in [1.82, 2.24) is 10.2 Å². The van der Waals surface area contributed by atoms with E-state index in [1.54, 1.807) is 13.8 Å². The highest BCUT2D eigenvalue weighted by Crippen LogP contribution is 2.42. The summed E-state index contributed by atoms with van der Waals surface area (Å²) in [7, 11) is 0. The van der Waals surface area contributed by atoms with Crippen LogP contribution in [-0.2, 0) is 14.4 Å². The lowest BCUT2D eigenvalue weighted by molar-refractivity contribution is -0.147. The second-order valence-electron chi connectivity index (χ2n) is 10.6. The van der Waals surface area contributed by atoms with Gasteiger partial charge in [0.15, 0.2) is 0 Å². The molecule has 1 aromatic rings. The first-order valence-electron chi connectivity index (χ1n) is 11.3. The molecule has 0 spiro atoms. The van der Waals surface area contributed by atoms with E-state index in [1.165, 1.54) is 5.56 Å². The number of benzene rings is 1. The highest BCUT2D eigenvalue weighted by Gasteiger charge is 2.40. The Balaban J connectivity index is 2.05. The van der Waals surface area contributed by atoms with Gasteiger partial charge < -0.3 is 15.3 Å². The summed E-state index contributed by atoms with van der Waals surface area (Å²) in [4.78, 5) is 39.0. The number of carbonyl (C=O) groups is 3. The molecule has 0 bridgehead atoms. The lowest BCUT2D eigenvalue weighted by atomic mass is 9.70. The van der Waals surface area contributed by atoms with Gasteiger partial charge in [0.1, 0.15) is 6.04 Å². The van der Waals surface area contributed by atoms with Gasteiger partial charge in [-0.05, 0) is 61.6 Å². The van der Waals surface area contributed by atoms with Gasteiger partial charge >= 0.3 is 5.97 Å². The van der Waals surface area contributed by atoms with Gasteiger partial charge in [0.05, 0.1) is 5.41 Å². The Bertz CT molecular complexity index is 833. The molecule has 0 saturated carbocycles. The number of nitrogens with one attached hydrogen (secondary N) is 1. The van der Waals surface area contributed by atoms with E-state index >= 15 is 0 Å². The molecule has 2 rings (SSSR count). The molecule has 2 N–H and O–H groups in total. The molecule has 1 aliphatic heterocycles. The SMILES string of the molecule is CC(C)[C@@H](NC(=O)CCC(C)(C)C(=O)O)C(=O)N1CCC(c2ccc(Cl)cc2)C(C)(C)C1. The van der Waals surface area contributed by atoms with Gasteiger partial charge in [-0.2, -0.15) is 0 Å². The smallest absolute Gasteiger partial charge is 0.309 e. The fraction of sp³-hybridized carbons (Fsp3) is 0.640. The highest BCUT2D eigenvalue weighted by atomic mass is 35.5. The van der Waals surface area contributed by atoms with Gasteiger partial charge in [0.2, 0.25) is 11.8 Å². The van der Waals surface area contributed by atoms with Crippen molar-refractivity contribution in [2.75, 3.05) is 13.1 Å². The Hall–Kier alpha value is -2.08. The van der Waals surface area contributed by atoms with Crippen LogP contribution in [-0.4, -0.2) is 46.9 Å². The van der Waals surface area contributed by atoms with E-state index in [-0.39, 0.29) is 36.0 Å². The van der Waals surface area contributed by atoms with Crippen LogP contribution in [0.5, 0.6) is 0 Å². The standard InChI is InChI=1S/C25H37ClN2O4/c1-16(2)21(27-20(29)11-13-24(3,4)23(31)32)22(30)28-14-12-19(25(5,6)15-28)17-7-9-18(26)10-8-17/h7-10,16,19,21H,11-15H2,1-6H3,(H,27,29)(H,31,32)/t19?,21-/m1/s1. The average molecular weight is 465 g/mol. The van der Waals surface area contributed by atoms with Crippen molar-refractivity contribution in [2.24, 2.45) is 16.7 Å². The highest BCUT2D eigenvalue weighted by molar-refractivity contribution is 6.30. The number of piperidine rings is 1. The van der Waals surface area contributed by atoms with E-state index in [0.717, 1.165) is 6.42 Å². The minimum absolute atomic E-state index is 0.0694. The molecule has 0 aromatic heterocycles. The molecule has 1 aromatic carbocycles. The normalized spacial score (nSPS) is 19.5. The molecule has 2 atom stereocenters. The molecule has 1 aliphatic rings. The minimum Gasteiger partial charge on any atom is -0.481 e. The van der Waals surface area contributed by atoms with Crippen LogP contribution in [0.15, 0.2) is 24.3 Å². The number of hydrogen-bond acceptors (Lipinski definition) is 3. The molecular weight excluding hydrogens is 428 g/mol. The quantitative estimate of drug-likeness (QED) is 0.583. The zero-order valence-electron chi connectivity index (χ0n) is 20.1. The first-order valence-corrected chi connectivity index (χ1v) is 11.7. The predicted molar refractivity (Wildman–Crippen MR) is 127 cm³/mol. The van der Waals surface area contributed by atoms with Crippen LogP contribution < -0.4 is 5.32 Å². The second-order valence-corrected chi connectivity index (χ2v) is 11.1. The number of halogens is 1. The maximum atomic E-state index is 13.4. The van der Waals surface area contributed by atoms with E-state index in [0.29, 0.717) is 24.0 Å². The summed E-state index contributed by atoms with van der Waals surface area (Å²) in [5.41, 5.74) is 0.113. The molecule has 1 saturated heterocycles. The zero-order valence-corrected chi connectivity index (χ0v) is 20.8. The van der Waals surface area contributed by atoms with Crippen molar-refractivity contribution < 1.29 is 19.5 Å². The molecule has 1 fully saturated rings. The van der Waals surface area contributed by atoms with E-state index in [1.807, 2.05) is 30.9 Å². The summed E-state index contributed by atoms with van der Waals surface area (Å²) in [6.45, 7) is 12.6. The number of rotatable bonds is 8. The van der Waals surface area contributed by atoms with Crippen molar-refractivity contribution in [1.29, 1.82) is 0 Å². The summed E-state index contributed by atoms with van der Waals surface area (Å²) in [5.74, 6) is -1.06. The van der Waals surface area contributed by atoms with Crippen LogP contribution in [0.2, 0.25) is 5.02 Å². The number of nitrogens with zero attached hydrogens (tertiary/aromatic N) is 1. The van der Waals surface area contributed by atoms with Crippen molar-refractivity contribution in [3.05, 3.63) is 34.9 Å². The number of hydrogen-bond donors (Lipinski definition) is 2. The molecule has 32 heavy (non-hydrogen) atoms. The van der Waals surface area contributed by atoms with Gasteiger partial charge in [-0.15, -0.1) is 0 Å². The van der Waals surface area contributed by atoms with Gasteiger partial charge in [-0.1, -0.05) is 51.4 Å². The van der Waals surface area contributed by atoms with E-state index in [2.05, 4.69) is 31.3 Å². The number of likely N-dealkylation sites (tertiary alicyclic amines) is 1. The number of carbonyl (C=O) groups excluding carboxylic acids is 2. The Morgan fingerprint density at radius 2 is 1.81 bits per heavy atom. The summed E-state index contributed by atoms with van der Waals surface area (Å²) in [5, 5.41) is 12.8. The Morgan fingerprint density at radius 1 is 1.22 bits per heavy atom. The molecule has 7 heteroatoms. The molecule has 1 unspecified atom stereocenters. The molecule has 2 amide bonds. The van der Waals surface area contributed by atoms with E-state index in [4.69, 9.17) is 11.6 Å². The molecule has 0 aliphatic carbocycles. The average Bonchev–Trinajstić information content (AvgIpc) is 2.70. The van der Waals surface area contributed by atoms with Crippen LogP contribution in [0, 0.1) is 16.7 Å². The molecule has 1 heterocycles. The van der Waals surface area contributed by atoms with Crippen molar-refractivity contribution in [3.8, 4) is 0 Å². The monoisotopic (exact) mass is 464 g/mol. The minimum atomic E-state index is -0.984. The number of carboxylic acid groups (broad SMARTS) is 1. The fourth-order valence-corrected chi connectivity index (χ4v) is 4.47. The topological polar surface area (TPSA) is 86.7 Å². The van der Waals surface area contributed by atoms with Crippen LogP contribution in [0.3, 0.4) is 0 Å². The largest absolute Gasteiger partial charge is 0.481 e. The summed E-state index contributed by atoms with van der Waals surface area (Å²) in [6.07, 6.45) is 1.12. The Morgan fingerprint density at radius 3 is 2.31 bits per heavy atom. The molecule has 178 valence electrons. The zero-order chi connectivity index (χ0) is 24.3. The van der Waals surface area contributed by atoms with Crippen molar-refractivity contribution >= 4 is 29.4 Å². The lowest BCUT2D eigenvalue weighted by Crippen LogP contribution is -2.56. The first-order chi connectivity index (χ1) is 14.7. The lowest BCUT2D eigenvalue weighted by Gasteiger charge is -2.45. The molecular formula is C25H37ClN2O4. The first kappa shape index (κ1) is 26.2. The molecule has 0 radical (unpaired) electrons. The van der Waals surface area contributed by atoms with Crippen LogP contribution in [0.4, 0.5) is 0 Å². The third-order valence-electron chi connectivity index (χ3n) is 6.62. The second kappa shape index (κ2) is 10.2. The van der Waals surface area contributed by atoms with E-state index in [9.17, 15) is 19.5 Å². The van der Waals surface area contributed by atoms with E-state index < -0.39 is 17.4 Å². The number of aliphatic carboxylic acids is 1. The Kier molecular flexibility index (Phi) is 8.38. The van der Waals surface area contributed by atoms with Gasteiger partial charge in [-0.3, -0.25) is 14.4 Å².